The molecule has 0 radical (unpaired) electrons. The van der Waals surface area contributed by atoms with Crippen molar-refractivity contribution in [2.45, 2.75) is 32.4 Å². The fourth-order valence-corrected chi connectivity index (χ4v) is 4.26. The van der Waals surface area contributed by atoms with Crippen molar-refractivity contribution in [1.82, 2.24) is 25.8 Å². The Balaban J connectivity index is 0.00000320. The Kier molecular flexibility index (Phi) is 10.5. The number of guanidine groups is 1. The molecule has 1 atom stereocenters. The number of nitrogens with zero attached hydrogens (tertiary/aromatic N) is 3. The minimum atomic E-state index is -0.0720. The number of aryl methyl sites for hydroxylation is 1. The third kappa shape index (κ3) is 7.21. The van der Waals surface area contributed by atoms with Crippen LogP contribution < -0.4 is 16.0 Å². The number of aliphatic imine (C=N–C) groups is 1. The summed E-state index contributed by atoms with van der Waals surface area (Å²) >= 11 is 1.37. The number of hydrogen-bond acceptors (Lipinski definition) is 5. The number of thiazole rings is 1. The van der Waals surface area contributed by atoms with E-state index in [0.717, 1.165) is 31.3 Å². The highest BCUT2D eigenvalue weighted by molar-refractivity contribution is 14.0. The van der Waals surface area contributed by atoms with Crippen molar-refractivity contribution in [3.05, 3.63) is 52.0 Å². The fraction of sp³-hybridized carbons (Fsp3) is 0.476. The highest BCUT2D eigenvalue weighted by Crippen LogP contribution is 2.19. The molecule has 9 heteroatoms. The van der Waals surface area contributed by atoms with Crippen LogP contribution in [0.1, 0.15) is 33.8 Å². The van der Waals surface area contributed by atoms with E-state index in [9.17, 15) is 4.79 Å². The zero-order valence-corrected chi connectivity index (χ0v) is 20.7. The van der Waals surface area contributed by atoms with Crippen LogP contribution >= 0.6 is 35.3 Å². The number of halogens is 1. The van der Waals surface area contributed by atoms with E-state index in [4.69, 9.17) is 0 Å². The Labute approximate surface area is 199 Å². The maximum Gasteiger partial charge on any atom is 0.263 e. The third-order valence-electron chi connectivity index (χ3n) is 5.11. The molecule has 0 saturated carbocycles. The van der Waals surface area contributed by atoms with Crippen LogP contribution in [0, 0.1) is 6.92 Å². The maximum atomic E-state index is 12.1. The van der Waals surface area contributed by atoms with E-state index in [1.54, 1.807) is 12.6 Å². The molecule has 1 saturated heterocycles. The van der Waals surface area contributed by atoms with Gasteiger partial charge in [0.25, 0.3) is 5.91 Å². The van der Waals surface area contributed by atoms with Crippen LogP contribution in [0.4, 0.5) is 0 Å². The van der Waals surface area contributed by atoms with Gasteiger partial charge in [0.15, 0.2) is 5.96 Å². The largest absolute Gasteiger partial charge is 0.355 e. The van der Waals surface area contributed by atoms with Crippen LogP contribution in [-0.4, -0.2) is 61.0 Å². The van der Waals surface area contributed by atoms with Gasteiger partial charge in [-0.05, 0) is 31.9 Å². The molecule has 1 aromatic heterocycles. The average Bonchev–Trinajstić information content (AvgIpc) is 3.36. The van der Waals surface area contributed by atoms with Gasteiger partial charge in [-0.25, -0.2) is 4.98 Å². The first-order valence-electron chi connectivity index (χ1n) is 10.1. The van der Waals surface area contributed by atoms with E-state index in [1.165, 1.54) is 29.7 Å². The minimum absolute atomic E-state index is 0. The van der Waals surface area contributed by atoms with Gasteiger partial charge in [-0.1, -0.05) is 30.3 Å². The number of likely N-dealkylation sites (tertiary alicyclic amines) is 1. The van der Waals surface area contributed by atoms with Crippen molar-refractivity contribution in [2.24, 2.45) is 4.99 Å². The average molecular weight is 542 g/mol. The Bertz CT molecular complexity index is 813. The number of hydrogen-bond donors (Lipinski definition) is 3. The first-order valence-corrected chi connectivity index (χ1v) is 11.0. The maximum absolute atomic E-state index is 12.1. The number of carbonyl (C=O) groups is 1. The molecule has 2 aromatic rings. The van der Waals surface area contributed by atoms with Crippen LogP contribution in [0.5, 0.6) is 0 Å². The van der Waals surface area contributed by atoms with Gasteiger partial charge in [-0.2, -0.15) is 0 Å². The topological polar surface area (TPSA) is 81.6 Å². The summed E-state index contributed by atoms with van der Waals surface area (Å²) in [5.74, 6) is 0.692. The lowest BCUT2D eigenvalue weighted by Gasteiger charge is -2.25. The van der Waals surface area contributed by atoms with Crippen LogP contribution in [0.3, 0.4) is 0 Å². The SMILES string of the molecule is CN=C(NCCNC(=O)c1scnc1C)NCC1CCCN1Cc1ccccc1.I. The Morgan fingerprint density at radius 1 is 1.23 bits per heavy atom. The summed E-state index contributed by atoms with van der Waals surface area (Å²) < 4.78 is 0. The van der Waals surface area contributed by atoms with Crippen molar-refractivity contribution in [3.63, 3.8) is 0 Å². The van der Waals surface area contributed by atoms with Crippen LogP contribution in [0.2, 0.25) is 0 Å². The van der Waals surface area contributed by atoms with Gasteiger partial charge in [-0.15, -0.1) is 35.3 Å². The van der Waals surface area contributed by atoms with Crippen molar-refractivity contribution in [3.8, 4) is 0 Å². The molecular weight excluding hydrogens is 511 g/mol. The van der Waals surface area contributed by atoms with E-state index in [2.05, 4.69) is 61.2 Å². The second-order valence-corrected chi connectivity index (χ2v) is 8.01. The van der Waals surface area contributed by atoms with Crippen molar-refractivity contribution in [2.75, 3.05) is 33.2 Å². The van der Waals surface area contributed by atoms with Gasteiger partial charge >= 0.3 is 0 Å². The molecule has 1 aliphatic rings. The first kappa shape index (κ1) is 24.5. The number of nitrogens with one attached hydrogen (secondary N) is 3. The van der Waals surface area contributed by atoms with Crippen LogP contribution in [-0.2, 0) is 6.54 Å². The summed E-state index contributed by atoms with van der Waals surface area (Å²) in [6.45, 7) is 5.97. The molecule has 1 amide bonds. The molecule has 2 heterocycles. The molecule has 0 aliphatic carbocycles. The summed E-state index contributed by atoms with van der Waals surface area (Å²) in [7, 11) is 1.77. The highest BCUT2D eigenvalue weighted by atomic mass is 127. The number of carbonyl (C=O) groups excluding carboxylic acids is 1. The Morgan fingerprint density at radius 2 is 2.00 bits per heavy atom. The summed E-state index contributed by atoms with van der Waals surface area (Å²) in [4.78, 5) is 23.7. The molecule has 1 aliphatic heterocycles. The van der Waals surface area contributed by atoms with Gasteiger partial charge in [0.1, 0.15) is 4.88 Å². The molecule has 1 fully saturated rings. The van der Waals surface area contributed by atoms with E-state index in [-0.39, 0.29) is 29.9 Å². The van der Waals surface area contributed by atoms with Gasteiger partial charge in [0, 0.05) is 39.3 Å². The smallest absolute Gasteiger partial charge is 0.263 e. The second-order valence-electron chi connectivity index (χ2n) is 7.15. The number of rotatable bonds is 8. The monoisotopic (exact) mass is 542 g/mol. The zero-order valence-electron chi connectivity index (χ0n) is 17.6. The fourth-order valence-electron chi connectivity index (χ4n) is 3.54. The lowest BCUT2D eigenvalue weighted by atomic mass is 10.2. The van der Waals surface area contributed by atoms with E-state index < -0.39 is 0 Å². The van der Waals surface area contributed by atoms with E-state index in [0.29, 0.717) is 24.0 Å². The van der Waals surface area contributed by atoms with Crippen LogP contribution in [0.25, 0.3) is 0 Å². The van der Waals surface area contributed by atoms with Gasteiger partial charge in [0.05, 0.1) is 11.2 Å². The van der Waals surface area contributed by atoms with E-state index in [1.807, 2.05) is 6.92 Å². The third-order valence-corrected chi connectivity index (χ3v) is 6.04. The Morgan fingerprint density at radius 3 is 2.70 bits per heavy atom. The molecular formula is C21H31IN6OS. The molecule has 30 heavy (non-hydrogen) atoms. The predicted molar refractivity (Wildman–Crippen MR) is 134 cm³/mol. The first-order chi connectivity index (χ1) is 14.2. The molecule has 3 rings (SSSR count). The molecule has 1 aromatic carbocycles. The minimum Gasteiger partial charge on any atom is -0.355 e. The van der Waals surface area contributed by atoms with Crippen molar-refractivity contribution >= 4 is 47.2 Å². The van der Waals surface area contributed by atoms with Gasteiger partial charge < -0.3 is 16.0 Å². The standard InChI is InChI=1S/C21H30N6OS.HI/c1-16-19(29-15-26-16)20(28)23-10-11-24-21(22-2)25-13-18-9-6-12-27(18)14-17-7-4-3-5-8-17;/h3-5,7-8,15,18H,6,9-14H2,1-2H3,(H,23,28)(H2,22,24,25);1H. The molecule has 164 valence electrons. The summed E-state index contributed by atoms with van der Waals surface area (Å²) in [6, 6.07) is 11.1. The molecule has 7 nitrogen and oxygen atoms in total. The number of amides is 1. The van der Waals surface area contributed by atoms with Gasteiger partial charge in [0.2, 0.25) is 0 Å². The van der Waals surface area contributed by atoms with Gasteiger partial charge in [-0.3, -0.25) is 14.7 Å². The highest BCUT2D eigenvalue weighted by Gasteiger charge is 2.24. The van der Waals surface area contributed by atoms with E-state index >= 15 is 0 Å². The lowest BCUT2D eigenvalue weighted by Crippen LogP contribution is -2.46. The predicted octanol–water partition coefficient (Wildman–Crippen LogP) is 2.63. The summed E-state index contributed by atoms with van der Waals surface area (Å²) in [5, 5.41) is 9.61. The molecule has 0 bridgehead atoms. The molecule has 0 spiro atoms. The second kappa shape index (κ2) is 12.9. The normalized spacial score (nSPS) is 16.7. The lowest BCUT2D eigenvalue weighted by molar-refractivity contribution is 0.0957. The molecule has 1 unspecified atom stereocenters. The number of aromatic nitrogens is 1. The van der Waals surface area contributed by atoms with Crippen LogP contribution in [0.15, 0.2) is 40.8 Å². The quantitative estimate of drug-likeness (QED) is 0.207. The summed E-state index contributed by atoms with van der Waals surface area (Å²) in [6.07, 6.45) is 2.43. The van der Waals surface area contributed by atoms with Crippen molar-refractivity contribution < 1.29 is 4.79 Å². The zero-order chi connectivity index (χ0) is 20.5. The Hall–Kier alpha value is -1.72. The van der Waals surface area contributed by atoms with Crippen molar-refractivity contribution in [1.29, 1.82) is 0 Å². The summed E-state index contributed by atoms with van der Waals surface area (Å²) in [5.41, 5.74) is 3.82. The molecule has 3 N–H and O–H groups in total. The number of benzene rings is 1.